The van der Waals surface area contributed by atoms with Gasteiger partial charge in [-0.2, -0.15) is 0 Å². The second kappa shape index (κ2) is 5.84. The van der Waals surface area contributed by atoms with Crippen LogP contribution in [0.25, 0.3) is 0 Å². The molecule has 1 aromatic carbocycles. The van der Waals surface area contributed by atoms with Gasteiger partial charge in [0.2, 0.25) is 5.72 Å². The summed E-state index contributed by atoms with van der Waals surface area (Å²) in [5.41, 5.74) is -2.50. The van der Waals surface area contributed by atoms with Crippen LogP contribution >= 0.6 is 0 Å². The van der Waals surface area contributed by atoms with Crippen LogP contribution in [0, 0.1) is 0 Å². The van der Waals surface area contributed by atoms with Gasteiger partial charge in [-0.25, -0.2) is 22.6 Å². The molecule has 0 aromatic heterocycles. The number of amides is 1. The predicted octanol–water partition coefficient (Wildman–Crippen LogP) is 1.76. The Morgan fingerprint density at radius 3 is 2.50 bits per heavy atom. The van der Waals surface area contributed by atoms with Crippen LogP contribution < -0.4 is 10.2 Å². The first kappa shape index (κ1) is 16.1. The summed E-state index contributed by atoms with van der Waals surface area (Å²) in [5.74, 6) is -1.08. The van der Waals surface area contributed by atoms with E-state index in [1.165, 1.54) is 31.4 Å². The molecule has 1 amide bonds. The van der Waals surface area contributed by atoms with Crippen molar-refractivity contribution in [3.63, 3.8) is 0 Å². The Bertz CT molecular complexity index is 609. The van der Waals surface area contributed by atoms with E-state index in [2.05, 4.69) is 0 Å². The van der Waals surface area contributed by atoms with Gasteiger partial charge in [0.25, 0.3) is 18.8 Å². The van der Waals surface area contributed by atoms with Crippen LogP contribution in [0.3, 0.4) is 0 Å². The normalized spacial score (nSPS) is 21.1. The van der Waals surface area contributed by atoms with Gasteiger partial charge in [-0.3, -0.25) is 10.2 Å². The molecule has 0 aliphatic carbocycles. The van der Waals surface area contributed by atoms with Crippen LogP contribution in [-0.4, -0.2) is 41.7 Å². The average molecular weight is 320 g/mol. The summed E-state index contributed by atoms with van der Waals surface area (Å²) in [6.07, 6.45) is -6.41. The van der Waals surface area contributed by atoms with E-state index in [0.29, 0.717) is 0 Å². The first-order valence-corrected chi connectivity index (χ1v) is 6.07. The Kier molecular flexibility index (Phi) is 4.27. The van der Waals surface area contributed by atoms with E-state index in [-0.39, 0.29) is 22.4 Å². The highest BCUT2D eigenvalue weighted by molar-refractivity contribution is 5.97. The summed E-state index contributed by atoms with van der Waals surface area (Å²) in [5, 5.41) is 9.95. The van der Waals surface area contributed by atoms with Gasteiger partial charge in [-0.15, -0.1) is 0 Å². The molecule has 1 atom stereocenters. The van der Waals surface area contributed by atoms with Crippen molar-refractivity contribution in [3.05, 3.63) is 41.6 Å². The molecule has 9 heteroatoms. The number of hydrogen-bond donors (Lipinski definition) is 2. The van der Waals surface area contributed by atoms with Crippen LogP contribution in [0.2, 0.25) is 0 Å². The number of alkyl halides is 4. The number of aliphatic hydroxyl groups is 1. The topological polar surface area (TPSA) is 61.8 Å². The molecule has 1 unspecified atom stereocenters. The maximum atomic E-state index is 13.1. The van der Waals surface area contributed by atoms with Crippen molar-refractivity contribution >= 4 is 5.91 Å². The number of halogens is 4. The van der Waals surface area contributed by atoms with Gasteiger partial charge in [0.1, 0.15) is 5.75 Å². The third-order valence-electron chi connectivity index (χ3n) is 3.06. The molecule has 1 aliphatic rings. The lowest BCUT2D eigenvalue weighted by atomic mass is 10.1. The molecule has 1 aromatic rings. The average Bonchev–Trinajstić information content (AvgIpc) is 2.86. The SMILES string of the molecule is COc1ccccc1C(=O)N1NC(C(F)F)=CC1(O)C(F)F. The van der Waals surface area contributed by atoms with E-state index in [9.17, 15) is 27.5 Å². The minimum atomic E-state index is -3.49. The van der Waals surface area contributed by atoms with Gasteiger partial charge in [0.15, 0.2) is 0 Å². The molecule has 0 saturated heterocycles. The zero-order chi connectivity index (χ0) is 16.5. The molecule has 120 valence electrons. The smallest absolute Gasteiger partial charge is 0.291 e. The number of allylic oxidation sites excluding steroid dienone is 1. The number of carbonyl (C=O) groups is 1. The number of carbonyl (C=O) groups excluding carboxylic acids is 1. The molecule has 1 heterocycles. The fourth-order valence-electron chi connectivity index (χ4n) is 1.97. The number of rotatable bonds is 4. The van der Waals surface area contributed by atoms with Crippen molar-refractivity contribution in [2.45, 2.75) is 18.6 Å². The maximum Gasteiger partial charge on any atom is 0.291 e. The standard InChI is InChI=1S/C13H12F4N2O3/c1-22-9-5-3-2-4-7(9)11(20)19-13(21,12(16)17)6-8(18-19)10(14)15/h2-6,10,12,18,21H,1H3. The number of hydrazine groups is 1. The third kappa shape index (κ3) is 2.59. The molecule has 2 N–H and O–H groups in total. The second-order valence-electron chi connectivity index (χ2n) is 4.44. The van der Waals surface area contributed by atoms with Gasteiger partial charge in [0, 0.05) is 6.08 Å². The third-order valence-corrected chi connectivity index (χ3v) is 3.06. The number of benzene rings is 1. The van der Waals surface area contributed by atoms with Crippen molar-refractivity contribution in [1.29, 1.82) is 0 Å². The summed E-state index contributed by atoms with van der Waals surface area (Å²) in [6, 6.07) is 5.63. The van der Waals surface area contributed by atoms with Crippen molar-refractivity contribution in [2.75, 3.05) is 7.11 Å². The monoisotopic (exact) mass is 320 g/mol. The Hall–Kier alpha value is -2.29. The van der Waals surface area contributed by atoms with E-state index in [1.807, 2.05) is 5.43 Å². The molecule has 0 radical (unpaired) electrons. The van der Waals surface area contributed by atoms with Gasteiger partial charge in [0.05, 0.1) is 18.4 Å². The molecule has 2 rings (SSSR count). The van der Waals surface area contributed by atoms with Gasteiger partial charge < -0.3 is 9.84 Å². The van der Waals surface area contributed by atoms with E-state index in [0.717, 1.165) is 0 Å². The zero-order valence-corrected chi connectivity index (χ0v) is 11.3. The molecular formula is C13H12F4N2O3. The maximum absolute atomic E-state index is 13.1. The predicted molar refractivity (Wildman–Crippen MR) is 67.3 cm³/mol. The lowest BCUT2D eigenvalue weighted by molar-refractivity contribution is -0.146. The molecular weight excluding hydrogens is 308 g/mol. The Morgan fingerprint density at radius 2 is 1.95 bits per heavy atom. The van der Waals surface area contributed by atoms with E-state index in [4.69, 9.17) is 4.74 Å². The van der Waals surface area contributed by atoms with E-state index >= 15 is 0 Å². The minimum absolute atomic E-state index is 0.0522. The van der Waals surface area contributed by atoms with Crippen molar-refractivity contribution in [3.8, 4) is 5.75 Å². The number of nitrogens with one attached hydrogen (secondary N) is 1. The fourth-order valence-corrected chi connectivity index (χ4v) is 1.97. The van der Waals surface area contributed by atoms with Crippen LogP contribution in [0.4, 0.5) is 17.6 Å². The van der Waals surface area contributed by atoms with Crippen molar-refractivity contribution < 1.29 is 32.2 Å². The largest absolute Gasteiger partial charge is 0.496 e. The first-order chi connectivity index (χ1) is 10.3. The van der Waals surface area contributed by atoms with Crippen LogP contribution in [-0.2, 0) is 0 Å². The van der Waals surface area contributed by atoms with Crippen molar-refractivity contribution in [2.24, 2.45) is 0 Å². The summed E-state index contributed by atoms with van der Waals surface area (Å²) >= 11 is 0. The highest BCUT2D eigenvalue weighted by atomic mass is 19.3. The van der Waals surface area contributed by atoms with Gasteiger partial charge in [-0.1, -0.05) is 12.1 Å². The molecule has 0 spiro atoms. The zero-order valence-electron chi connectivity index (χ0n) is 11.3. The lowest BCUT2D eigenvalue weighted by Crippen LogP contribution is -2.56. The highest BCUT2D eigenvalue weighted by Gasteiger charge is 2.51. The van der Waals surface area contributed by atoms with Crippen LogP contribution in [0.5, 0.6) is 5.75 Å². The number of hydrogen-bond acceptors (Lipinski definition) is 4. The summed E-state index contributed by atoms with van der Waals surface area (Å²) in [6.45, 7) is 0. The molecule has 1 aliphatic heterocycles. The fraction of sp³-hybridized carbons (Fsp3) is 0.308. The molecule has 0 bridgehead atoms. The summed E-state index contributed by atoms with van der Waals surface area (Å²) in [7, 11) is 1.26. The molecule has 22 heavy (non-hydrogen) atoms. The lowest BCUT2D eigenvalue weighted by Gasteiger charge is -2.31. The Balaban J connectivity index is 2.41. The van der Waals surface area contributed by atoms with E-state index < -0.39 is 30.2 Å². The summed E-state index contributed by atoms with van der Waals surface area (Å²) < 4.78 is 56.4. The van der Waals surface area contributed by atoms with Crippen LogP contribution in [0.15, 0.2) is 36.0 Å². The quantitative estimate of drug-likeness (QED) is 0.830. The summed E-state index contributed by atoms with van der Waals surface area (Å²) in [4.78, 5) is 12.3. The minimum Gasteiger partial charge on any atom is -0.496 e. The van der Waals surface area contributed by atoms with Crippen LogP contribution in [0.1, 0.15) is 10.4 Å². The number of methoxy groups -OCH3 is 1. The van der Waals surface area contributed by atoms with Crippen molar-refractivity contribution in [1.82, 2.24) is 10.4 Å². The first-order valence-electron chi connectivity index (χ1n) is 6.07. The number of ether oxygens (including phenoxy) is 1. The number of para-hydroxylation sites is 1. The second-order valence-corrected chi connectivity index (χ2v) is 4.44. The molecule has 5 nitrogen and oxygen atoms in total. The number of nitrogens with zero attached hydrogens (tertiary/aromatic N) is 1. The van der Waals surface area contributed by atoms with Gasteiger partial charge in [-0.05, 0) is 12.1 Å². The Morgan fingerprint density at radius 1 is 1.32 bits per heavy atom. The highest BCUT2D eigenvalue weighted by Crippen LogP contribution is 2.32. The Labute approximate surface area is 122 Å². The van der Waals surface area contributed by atoms with Gasteiger partial charge >= 0.3 is 0 Å². The molecule has 0 fully saturated rings. The molecule has 0 saturated carbocycles. The van der Waals surface area contributed by atoms with E-state index in [1.54, 1.807) is 0 Å².